The molecule has 2 aromatic carbocycles. The van der Waals surface area contributed by atoms with Crippen molar-refractivity contribution in [3.63, 3.8) is 0 Å². The number of halogens is 1. The first-order valence-corrected chi connectivity index (χ1v) is 13.1. The van der Waals surface area contributed by atoms with E-state index in [-0.39, 0.29) is 24.6 Å². The summed E-state index contributed by atoms with van der Waals surface area (Å²) in [6.07, 6.45) is 1.76. The van der Waals surface area contributed by atoms with Crippen molar-refractivity contribution in [2.75, 3.05) is 23.9 Å². The molecule has 3 heterocycles. The van der Waals surface area contributed by atoms with Gasteiger partial charge in [0.05, 0.1) is 22.4 Å². The summed E-state index contributed by atoms with van der Waals surface area (Å²) in [4.78, 5) is 19.6. The number of pyridine rings is 1. The monoisotopic (exact) mass is 550 g/mol. The third-order valence-electron chi connectivity index (χ3n) is 5.73. The van der Waals surface area contributed by atoms with E-state index in [1.165, 1.54) is 7.11 Å². The standard InChI is InChI=1S/C27H23ClN4O3S2/c1-34-16-23(33)30-20-11-10-17(15-19(20)28)32-26(25(31-27(32)36)21-9-5-6-14-29-21)22-12-13-24(35-22)37-18-7-3-2-4-8-18/h2-15,25-26H,16H2,1H3,(H,30,33)(H,31,36)/t25-,26-/m1/s1. The van der Waals surface area contributed by atoms with E-state index in [1.54, 1.807) is 30.1 Å². The molecule has 2 aromatic heterocycles. The molecule has 10 heteroatoms. The van der Waals surface area contributed by atoms with E-state index in [4.69, 9.17) is 33.0 Å². The van der Waals surface area contributed by atoms with Gasteiger partial charge in [0, 0.05) is 23.9 Å². The number of furan rings is 1. The van der Waals surface area contributed by atoms with E-state index in [1.807, 2.05) is 71.6 Å². The molecule has 1 fully saturated rings. The molecule has 1 aliphatic heterocycles. The Bertz CT molecular complexity index is 1400. The first-order valence-electron chi connectivity index (χ1n) is 11.4. The van der Waals surface area contributed by atoms with Gasteiger partial charge in [0.2, 0.25) is 5.91 Å². The Morgan fingerprint density at radius 1 is 1.16 bits per heavy atom. The number of hydrogen-bond acceptors (Lipinski definition) is 6. The second kappa shape index (κ2) is 11.4. The van der Waals surface area contributed by atoms with Gasteiger partial charge in [-0.15, -0.1) is 0 Å². The summed E-state index contributed by atoms with van der Waals surface area (Å²) in [5.41, 5.74) is 2.08. The van der Waals surface area contributed by atoms with E-state index >= 15 is 0 Å². The molecular weight excluding hydrogens is 528 g/mol. The fourth-order valence-electron chi connectivity index (χ4n) is 4.15. The number of thiocarbonyl (C=S) groups is 1. The lowest BCUT2D eigenvalue weighted by Crippen LogP contribution is -2.29. The topological polar surface area (TPSA) is 79.6 Å². The van der Waals surface area contributed by atoms with Crippen molar-refractivity contribution in [1.29, 1.82) is 0 Å². The lowest BCUT2D eigenvalue weighted by molar-refractivity contribution is -0.119. The van der Waals surface area contributed by atoms with E-state index < -0.39 is 0 Å². The molecule has 0 bridgehead atoms. The summed E-state index contributed by atoms with van der Waals surface area (Å²) in [7, 11) is 1.46. The molecule has 37 heavy (non-hydrogen) atoms. The average Bonchev–Trinajstić information content (AvgIpc) is 3.50. The van der Waals surface area contributed by atoms with Crippen molar-refractivity contribution >= 4 is 58.0 Å². The molecule has 1 amide bonds. The third kappa shape index (κ3) is 5.65. The molecule has 188 valence electrons. The Kier molecular flexibility index (Phi) is 7.76. The number of methoxy groups -OCH3 is 1. The van der Waals surface area contributed by atoms with Crippen LogP contribution in [0.5, 0.6) is 0 Å². The lowest BCUT2D eigenvalue weighted by Gasteiger charge is -2.26. The molecule has 2 atom stereocenters. The van der Waals surface area contributed by atoms with Crippen molar-refractivity contribution in [3.05, 3.63) is 102 Å². The fourth-order valence-corrected chi connectivity index (χ4v) is 5.51. The number of nitrogens with one attached hydrogen (secondary N) is 2. The smallest absolute Gasteiger partial charge is 0.250 e. The first kappa shape index (κ1) is 25.3. The molecule has 1 aliphatic rings. The number of anilines is 2. The highest BCUT2D eigenvalue weighted by molar-refractivity contribution is 7.99. The number of carbonyl (C=O) groups excluding carboxylic acids is 1. The van der Waals surface area contributed by atoms with Crippen molar-refractivity contribution < 1.29 is 13.9 Å². The number of aromatic nitrogens is 1. The van der Waals surface area contributed by atoms with Crippen LogP contribution in [0.25, 0.3) is 0 Å². The van der Waals surface area contributed by atoms with Gasteiger partial charge >= 0.3 is 0 Å². The molecule has 2 N–H and O–H groups in total. The molecule has 7 nitrogen and oxygen atoms in total. The highest BCUT2D eigenvalue weighted by Gasteiger charge is 2.42. The van der Waals surface area contributed by atoms with Crippen molar-refractivity contribution in [3.8, 4) is 0 Å². The summed E-state index contributed by atoms with van der Waals surface area (Å²) in [6, 6.07) is 24.6. The minimum Gasteiger partial charge on any atom is -0.452 e. The summed E-state index contributed by atoms with van der Waals surface area (Å²) in [5.74, 6) is 0.442. The van der Waals surface area contributed by atoms with Crippen LogP contribution in [-0.4, -0.2) is 29.7 Å². The van der Waals surface area contributed by atoms with Crippen molar-refractivity contribution in [2.45, 2.75) is 22.1 Å². The molecule has 0 spiro atoms. The quantitative estimate of drug-likeness (QED) is 0.250. The van der Waals surface area contributed by atoms with Gasteiger partial charge in [-0.25, -0.2) is 0 Å². The summed E-state index contributed by atoms with van der Waals surface area (Å²) in [6.45, 7) is -0.0616. The predicted molar refractivity (Wildman–Crippen MR) is 149 cm³/mol. The molecule has 0 unspecified atom stereocenters. The normalized spacial score (nSPS) is 17.0. The number of benzene rings is 2. The Morgan fingerprint density at radius 2 is 1.97 bits per heavy atom. The lowest BCUT2D eigenvalue weighted by atomic mass is 10.0. The summed E-state index contributed by atoms with van der Waals surface area (Å²) >= 11 is 13.9. The Hall–Kier alpha value is -3.37. The fraction of sp³-hybridized carbons (Fsp3) is 0.148. The van der Waals surface area contributed by atoms with Gasteiger partial charge in [-0.2, -0.15) is 0 Å². The Morgan fingerprint density at radius 3 is 2.70 bits per heavy atom. The molecule has 5 rings (SSSR count). The van der Waals surface area contributed by atoms with Crippen LogP contribution < -0.4 is 15.5 Å². The minimum atomic E-state index is -0.322. The molecular formula is C27H23ClN4O3S2. The van der Waals surface area contributed by atoms with Gasteiger partial charge in [-0.1, -0.05) is 47.6 Å². The second-order valence-electron chi connectivity index (χ2n) is 8.21. The number of nitrogens with zero attached hydrogens (tertiary/aromatic N) is 2. The van der Waals surface area contributed by atoms with Crippen LogP contribution in [-0.2, 0) is 9.53 Å². The van der Waals surface area contributed by atoms with E-state index in [9.17, 15) is 4.79 Å². The van der Waals surface area contributed by atoms with Gasteiger partial charge in [0.15, 0.2) is 10.2 Å². The highest BCUT2D eigenvalue weighted by Crippen LogP contribution is 2.44. The van der Waals surface area contributed by atoms with Crippen LogP contribution in [0.4, 0.5) is 11.4 Å². The van der Waals surface area contributed by atoms with Crippen LogP contribution in [0.15, 0.2) is 99.5 Å². The average molecular weight is 551 g/mol. The number of rotatable bonds is 8. The Labute approximate surface area is 229 Å². The van der Waals surface area contributed by atoms with E-state index in [0.29, 0.717) is 15.8 Å². The van der Waals surface area contributed by atoms with Crippen LogP contribution >= 0.6 is 35.6 Å². The van der Waals surface area contributed by atoms with Crippen LogP contribution in [0.3, 0.4) is 0 Å². The molecule has 0 aliphatic carbocycles. The molecule has 0 radical (unpaired) electrons. The van der Waals surface area contributed by atoms with Crippen molar-refractivity contribution in [2.24, 2.45) is 0 Å². The number of amides is 1. The Balaban J connectivity index is 1.49. The first-order chi connectivity index (χ1) is 18.0. The van der Waals surface area contributed by atoms with Gasteiger partial charge in [0.1, 0.15) is 18.4 Å². The van der Waals surface area contributed by atoms with E-state index in [2.05, 4.69) is 15.6 Å². The van der Waals surface area contributed by atoms with Gasteiger partial charge < -0.3 is 24.7 Å². The zero-order valence-corrected chi connectivity index (χ0v) is 22.1. The van der Waals surface area contributed by atoms with Crippen LogP contribution in [0, 0.1) is 0 Å². The third-order valence-corrected chi connectivity index (χ3v) is 7.29. The maximum atomic E-state index is 12.0. The number of hydrogen-bond donors (Lipinski definition) is 2. The zero-order valence-electron chi connectivity index (χ0n) is 19.8. The van der Waals surface area contributed by atoms with Gasteiger partial charge in [-0.05, 0) is 66.8 Å². The summed E-state index contributed by atoms with van der Waals surface area (Å²) in [5, 5.41) is 7.82. The highest BCUT2D eigenvalue weighted by atomic mass is 35.5. The number of ether oxygens (including phenoxy) is 1. The maximum Gasteiger partial charge on any atom is 0.250 e. The summed E-state index contributed by atoms with van der Waals surface area (Å²) < 4.78 is 11.2. The minimum absolute atomic E-state index is 0.0616. The van der Waals surface area contributed by atoms with E-state index in [0.717, 1.165) is 27.1 Å². The molecule has 1 saturated heterocycles. The predicted octanol–water partition coefficient (Wildman–Crippen LogP) is 6.24. The van der Waals surface area contributed by atoms with Crippen LogP contribution in [0.2, 0.25) is 5.02 Å². The van der Waals surface area contributed by atoms with Gasteiger partial charge in [-0.3, -0.25) is 9.78 Å². The van der Waals surface area contributed by atoms with Gasteiger partial charge in [0.25, 0.3) is 0 Å². The SMILES string of the molecule is COCC(=O)Nc1ccc(N2C(=S)N[C@H](c3ccccn3)[C@H]2c2ccc(Sc3ccccc3)o2)cc1Cl. The zero-order chi connectivity index (χ0) is 25.8. The number of carbonyl (C=O) groups is 1. The van der Waals surface area contributed by atoms with Crippen molar-refractivity contribution in [1.82, 2.24) is 10.3 Å². The maximum absolute atomic E-state index is 12.0. The molecule has 0 saturated carbocycles. The second-order valence-corrected chi connectivity index (χ2v) is 10.1. The largest absolute Gasteiger partial charge is 0.452 e. The molecule has 4 aromatic rings. The van der Waals surface area contributed by atoms with Crippen LogP contribution in [0.1, 0.15) is 23.5 Å².